The summed E-state index contributed by atoms with van der Waals surface area (Å²) < 4.78 is 66.1. The molecule has 2 aliphatic heterocycles. The van der Waals surface area contributed by atoms with Crippen molar-refractivity contribution in [1.82, 2.24) is 40.4 Å². The van der Waals surface area contributed by atoms with Crippen molar-refractivity contribution in [1.29, 1.82) is 0 Å². The monoisotopic (exact) mass is 986 g/mol. The van der Waals surface area contributed by atoms with Crippen molar-refractivity contribution >= 4 is 0 Å². The third-order valence-electron chi connectivity index (χ3n) is 12.8. The molecular formula is C56H58N8O9. The van der Waals surface area contributed by atoms with E-state index in [9.17, 15) is 0 Å². The lowest BCUT2D eigenvalue weighted by molar-refractivity contribution is -0.382. The van der Waals surface area contributed by atoms with Gasteiger partial charge in [-0.1, -0.05) is 182 Å². The van der Waals surface area contributed by atoms with Crippen molar-refractivity contribution < 1.29 is 42.6 Å². The molecule has 376 valence electrons. The number of hydrogen-bond acceptors (Lipinski definition) is 15. The second-order valence-corrected chi connectivity index (χ2v) is 17.8. The van der Waals surface area contributed by atoms with Crippen LogP contribution >= 0.6 is 0 Å². The molecule has 0 radical (unpaired) electrons. The third-order valence-corrected chi connectivity index (χ3v) is 12.8. The summed E-state index contributed by atoms with van der Waals surface area (Å²) in [6, 6.07) is 58.4. The highest BCUT2D eigenvalue weighted by Gasteiger charge is 2.55. The van der Waals surface area contributed by atoms with Crippen molar-refractivity contribution in [3.63, 3.8) is 0 Å². The number of hydrogen-bond donors (Lipinski definition) is 0. The molecule has 0 saturated carbocycles. The van der Waals surface area contributed by atoms with E-state index in [2.05, 4.69) is 31.1 Å². The van der Waals surface area contributed by atoms with Crippen molar-refractivity contribution in [2.45, 2.75) is 101 Å². The van der Waals surface area contributed by atoms with Gasteiger partial charge in [0.05, 0.1) is 52.9 Å². The number of nitrogens with zero attached hydrogens (tertiary/aromatic N) is 8. The lowest BCUT2D eigenvalue weighted by Gasteiger charge is -2.49. The van der Waals surface area contributed by atoms with Crippen LogP contribution in [0.25, 0.3) is 0 Å². The molecule has 0 N–H and O–H groups in total. The fourth-order valence-electron chi connectivity index (χ4n) is 9.20. The molecule has 0 amide bonds. The molecule has 0 spiro atoms. The Kier molecular flexibility index (Phi) is 17.5. The van der Waals surface area contributed by atoms with E-state index in [1.807, 2.05) is 182 Å². The largest absolute Gasteiger partial charge is 0.374 e. The highest BCUT2D eigenvalue weighted by atomic mass is 16.8. The maximum atomic E-state index is 7.33. The minimum absolute atomic E-state index is 0.107. The lowest BCUT2D eigenvalue weighted by Crippen LogP contribution is -2.63. The molecule has 10 rings (SSSR count). The van der Waals surface area contributed by atoms with Crippen LogP contribution in [0.4, 0.5) is 0 Å². The van der Waals surface area contributed by atoms with Gasteiger partial charge in [-0.2, -0.15) is 0 Å². The first-order chi connectivity index (χ1) is 36.2. The van der Waals surface area contributed by atoms with E-state index in [1.165, 1.54) is 0 Å². The smallest absolute Gasteiger partial charge is 0.190 e. The first kappa shape index (κ1) is 49.7. The van der Waals surface area contributed by atoms with Crippen LogP contribution in [-0.4, -0.2) is 103 Å². The Morgan fingerprint density at radius 2 is 0.644 bits per heavy atom. The molecule has 17 nitrogen and oxygen atoms in total. The van der Waals surface area contributed by atoms with Gasteiger partial charge in [-0.3, -0.25) is 0 Å². The van der Waals surface area contributed by atoms with Crippen LogP contribution in [0, 0.1) is 0 Å². The molecule has 0 aliphatic carbocycles. The Labute approximate surface area is 423 Å². The van der Waals surface area contributed by atoms with Gasteiger partial charge in [0.1, 0.15) is 61.4 Å². The van der Waals surface area contributed by atoms with Crippen LogP contribution in [0.1, 0.15) is 45.5 Å². The summed E-state index contributed by atoms with van der Waals surface area (Å²) in [6.07, 6.45) is -4.12. The summed E-state index contributed by atoms with van der Waals surface area (Å²) in [6.45, 7) is 1.70. The Bertz CT molecular complexity index is 2570. The maximum Gasteiger partial charge on any atom is 0.190 e. The highest BCUT2D eigenvalue weighted by Crippen LogP contribution is 2.40. The van der Waals surface area contributed by atoms with Crippen LogP contribution in [0.15, 0.2) is 195 Å². The standard InChI is InChI=1S/C56H58N8O9/c1-7-19-41(20-8-1)31-65-37-47-49(63-39-57-59-61-63)51(67-33-43-23-11-3-12-24-43)53(69-35-45-27-15-5-16-28-45)55(71-47)73-56-54(70-36-46-29-17-6-18-30-46)52(68-34-44-25-13-4-14-26-44)50(64-40-58-60-62-64)48(72-56)38-66-32-42-21-9-2-10-22-42/h1-30,39-40,47-56H,31-38H2/t47-,48-,49+,50+,51+,52+,53-,54-,55-,56-/m1/s1. The Hall–Kier alpha value is -6.90. The summed E-state index contributed by atoms with van der Waals surface area (Å²) in [5.74, 6) is 0. The van der Waals surface area contributed by atoms with Crippen molar-refractivity contribution in [2.24, 2.45) is 0 Å². The van der Waals surface area contributed by atoms with Gasteiger partial charge in [0.15, 0.2) is 12.6 Å². The second kappa shape index (κ2) is 25.7. The third kappa shape index (κ3) is 13.4. The molecule has 0 bridgehead atoms. The zero-order chi connectivity index (χ0) is 49.3. The highest BCUT2D eigenvalue weighted by molar-refractivity contribution is 5.18. The first-order valence-corrected chi connectivity index (χ1v) is 24.5. The summed E-state index contributed by atoms with van der Waals surface area (Å²) in [7, 11) is 0. The topological polar surface area (TPSA) is 170 Å². The summed E-state index contributed by atoms with van der Waals surface area (Å²) in [5, 5.41) is 25.1. The maximum absolute atomic E-state index is 7.33. The average molecular weight is 987 g/mol. The quantitative estimate of drug-likeness (QED) is 0.0577. The molecule has 8 aromatic rings. The Balaban J connectivity index is 1.05. The molecule has 10 atom stereocenters. The molecule has 2 aromatic heterocycles. The number of aromatic nitrogens is 8. The van der Waals surface area contributed by atoms with E-state index in [0.29, 0.717) is 13.2 Å². The summed E-state index contributed by atoms with van der Waals surface area (Å²) in [5.41, 5.74) is 5.77. The Morgan fingerprint density at radius 3 is 0.932 bits per heavy atom. The summed E-state index contributed by atoms with van der Waals surface area (Å²) >= 11 is 0. The van der Waals surface area contributed by atoms with Gasteiger partial charge in [0.25, 0.3) is 0 Å². The molecular weight excluding hydrogens is 929 g/mol. The van der Waals surface area contributed by atoms with E-state index in [0.717, 1.165) is 33.4 Å². The second-order valence-electron chi connectivity index (χ2n) is 17.8. The lowest BCUT2D eigenvalue weighted by atomic mass is 9.94. The van der Waals surface area contributed by atoms with E-state index in [4.69, 9.17) is 42.6 Å². The molecule has 2 fully saturated rings. The van der Waals surface area contributed by atoms with Gasteiger partial charge in [0, 0.05) is 0 Å². The van der Waals surface area contributed by atoms with Crippen LogP contribution in [-0.2, 0) is 82.3 Å². The number of benzene rings is 6. The van der Waals surface area contributed by atoms with Gasteiger partial charge in [-0.05, 0) is 54.2 Å². The molecule has 2 saturated heterocycles. The van der Waals surface area contributed by atoms with E-state index in [-0.39, 0.29) is 39.6 Å². The van der Waals surface area contributed by atoms with Gasteiger partial charge < -0.3 is 42.6 Å². The molecule has 73 heavy (non-hydrogen) atoms. The van der Waals surface area contributed by atoms with Crippen molar-refractivity contribution in [3.05, 3.63) is 228 Å². The number of rotatable bonds is 24. The SMILES string of the molecule is c1ccc(COC[C@H]2O[C@H](O[C@H]3O[C@H](COCc4ccccc4)[C@H](n4cnnn4)[C@H](OCc4ccccc4)[C@H]3OCc3ccccc3)[C@H](OCc3ccccc3)[C@@H](OCc3ccccc3)[C@H]2n2cnnn2)cc1. The average Bonchev–Trinajstić information content (AvgIpc) is 4.19. The minimum atomic E-state index is -1.17. The first-order valence-electron chi connectivity index (χ1n) is 24.5. The predicted molar refractivity (Wildman–Crippen MR) is 264 cm³/mol. The van der Waals surface area contributed by atoms with E-state index in [1.54, 1.807) is 22.0 Å². The molecule has 17 heteroatoms. The van der Waals surface area contributed by atoms with Gasteiger partial charge in [-0.25, -0.2) is 9.36 Å². The fraction of sp³-hybridized carbons (Fsp3) is 0.321. The molecule has 4 heterocycles. The zero-order valence-corrected chi connectivity index (χ0v) is 40.2. The molecule has 6 aromatic carbocycles. The Morgan fingerprint density at radius 1 is 0.356 bits per heavy atom. The van der Waals surface area contributed by atoms with Gasteiger partial charge in [0.2, 0.25) is 0 Å². The minimum Gasteiger partial charge on any atom is -0.374 e. The summed E-state index contributed by atoms with van der Waals surface area (Å²) in [4.78, 5) is 0. The van der Waals surface area contributed by atoms with Crippen LogP contribution in [0.3, 0.4) is 0 Å². The normalized spacial score (nSPS) is 24.1. The van der Waals surface area contributed by atoms with Crippen LogP contribution in [0.2, 0.25) is 0 Å². The van der Waals surface area contributed by atoms with E-state index < -0.39 is 61.3 Å². The zero-order valence-electron chi connectivity index (χ0n) is 40.2. The van der Waals surface area contributed by atoms with Crippen LogP contribution < -0.4 is 0 Å². The number of tetrazole rings is 2. The predicted octanol–water partition coefficient (Wildman–Crippen LogP) is 7.68. The van der Waals surface area contributed by atoms with Gasteiger partial charge in [-0.15, -0.1) is 10.2 Å². The fourth-order valence-corrected chi connectivity index (χ4v) is 9.20. The van der Waals surface area contributed by atoms with Crippen molar-refractivity contribution in [2.75, 3.05) is 13.2 Å². The van der Waals surface area contributed by atoms with Gasteiger partial charge >= 0.3 is 0 Å². The molecule has 2 aliphatic rings. The number of ether oxygens (including phenoxy) is 9. The van der Waals surface area contributed by atoms with Crippen molar-refractivity contribution in [3.8, 4) is 0 Å². The van der Waals surface area contributed by atoms with E-state index >= 15 is 0 Å². The molecule has 0 unspecified atom stereocenters. The van der Waals surface area contributed by atoms with Crippen LogP contribution in [0.5, 0.6) is 0 Å².